The highest BCUT2D eigenvalue weighted by Gasteiger charge is 2.22. The van der Waals surface area contributed by atoms with E-state index in [0.717, 1.165) is 6.07 Å². The molecule has 0 aromatic heterocycles. The van der Waals surface area contributed by atoms with Gasteiger partial charge in [-0.1, -0.05) is 6.07 Å². The van der Waals surface area contributed by atoms with Crippen molar-refractivity contribution < 1.29 is 24.4 Å². The van der Waals surface area contributed by atoms with Crippen molar-refractivity contribution in [2.45, 2.75) is 12.5 Å². The number of non-ortho nitro benzene ring substituents is 1. The Morgan fingerprint density at radius 3 is 2.57 bits per heavy atom. The van der Waals surface area contributed by atoms with E-state index in [-0.39, 0.29) is 11.4 Å². The molecule has 0 heterocycles. The Bertz CT molecular complexity index is 588. The maximum Gasteiger partial charge on any atom is 0.326 e. The summed E-state index contributed by atoms with van der Waals surface area (Å²) in [5, 5.41) is 23.6. The summed E-state index contributed by atoms with van der Waals surface area (Å²) >= 11 is 0. The zero-order valence-electron chi connectivity index (χ0n) is 10.6. The highest BCUT2D eigenvalue weighted by atomic mass is 16.6. The first kappa shape index (κ1) is 15.9. The first-order valence-corrected chi connectivity index (χ1v) is 5.62. The summed E-state index contributed by atoms with van der Waals surface area (Å²) < 4.78 is 0. The van der Waals surface area contributed by atoms with Gasteiger partial charge in [0.1, 0.15) is 6.04 Å². The second-order valence-electron chi connectivity index (χ2n) is 3.97. The Morgan fingerprint density at radius 1 is 1.38 bits per heavy atom. The number of carbonyl (C=O) groups excluding carboxylic acids is 2. The first-order valence-electron chi connectivity index (χ1n) is 5.62. The van der Waals surface area contributed by atoms with Gasteiger partial charge in [0.15, 0.2) is 0 Å². The largest absolute Gasteiger partial charge is 0.480 e. The number of hydrogen-bond donors (Lipinski definition) is 4. The molecule has 1 unspecified atom stereocenters. The van der Waals surface area contributed by atoms with E-state index in [1.54, 1.807) is 0 Å². The third-order valence-electron chi connectivity index (χ3n) is 2.32. The zero-order valence-corrected chi connectivity index (χ0v) is 10.6. The van der Waals surface area contributed by atoms with Crippen LogP contribution in [0.4, 0.5) is 16.2 Å². The maximum absolute atomic E-state index is 11.6. The topological polar surface area (TPSA) is 165 Å². The average Bonchev–Trinajstić information content (AvgIpc) is 2.37. The normalized spacial score (nSPS) is 11.2. The Labute approximate surface area is 118 Å². The van der Waals surface area contributed by atoms with Gasteiger partial charge in [0.25, 0.3) is 5.69 Å². The predicted octanol–water partition coefficient (Wildman–Crippen LogP) is 0.0449. The predicted molar refractivity (Wildman–Crippen MR) is 70.5 cm³/mol. The van der Waals surface area contributed by atoms with Gasteiger partial charge in [0, 0.05) is 17.8 Å². The van der Waals surface area contributed by atoms with E-state index in [1.807, 2.05) is 5.32 Å². The molecule has 0 aliphatic heterocycles. The van der Waals surface area contributed by atoms with Gasteiger partial charge in [-0.2, -0.15) is 0 Å². The fraction of sp³-hybridized carbons (Fsp3) is 0.182. The van der Waals surface area contributed by atoms with Crippen LogP contribution in [0.1, 0.15) is 6.42 Å². The van der Waals surface area contributed by atoms with E-state index in [2.05, 4.69) is 5.32 Å². The van der Waals surface area contributed by atoms with Gasteiger partial charge in [0.2, 0.25) is 5.91 Å². The van der Waals surface area contributed by atoms with Crippen LogP contribution in [-0.2, 0) is 9.59 Å². The summed E-state index contributed by atoms with van der Waals surface area (Å²) in [5.41, 5.74) is 4.73. The molecule has 0 radical (unpaired) electrons. The molecule has 0 saturated heterocycles. The number of nitro benzene ring substituents is 1. The summed E-state index contributed by atoms with van der Waals surface area (Å²) in [6.45, 7) is 0. The van der Waals surface area contributed by atoms with Crippen LogP contribution in [0.2, 0.25) is 0 Å². The molecule has 1 aromatic rings. The Morgan fingerprint density at radius 2 is 2.05 bits per heavy atom. The molecule has 0 spiro atoms. The van der Waals surface area contributed by atoms with Crippen molar-refractivity contribution in [3.05, 3.63) is 34.4 Å². The smallest absolute Gasteiger partial charge is 0.326 e. The lowest BCUT2D eigenvalue weighted by Crippen LogP contribution is -2.45. The minimum absolute atomic E-state index is 0.102. The number of carboxylic acid groups (broad SMARTS) is 1. The number of nitrogens with one attached hydrogen (secondary N) is 2. The van der Waals surface area contributed by atoms with Crippen LogP contribution in [0.5, 0.6) is 0 Å². The standard InChI is InChI=1S/C11H12N4O6/c12-9(16)5-8(10(17)18)14-11(19)13-6-2-1-3-7(4-6)15(20)21/h1-4,8H,5H2,(H2,12,16)(H,17,18)(H2,13,14,19). The molecule has 0 bridgehead atoms. The van der Waals surface area contributed by atoms with Gasteiger partial charge in [-0.3, -0.25) is 14.9 Å². The fourth-order valence-corrected chi connectivity index (χ4v) is 1.42. The highest BCUT2D eigenvalue weighted by molar-refractivity contribution is 5.94. The minimum atomic E-state index is -1.49. The van der Waals surface area contributed by atoms with Crippen molar-refractivity contribution in [1.29, 1.82) is 0 Å². The number of nitrogens with zero attached hydrogens (tertiary/aromatic N) is 1. The first-order chi connectivity index (χ1) is 9.79. The van der Waals surface area contributed by atoms with Gasteiger partial charge in [0.05, 0.1) is 11.3 Å². The van der Waals surface area contributed by atoms with Crippen molar-refractivity contribution in [1.82, 2.24) is 5.32 Å². The van der Waals surface area contributed by atoms with Crippen molar-refractivity contribution in [3.63, 3.8) is 0 Å². The fourth-order valence-electron chi connectivity index (χ4n) is 1.42. The van der Waals surface area contributed by atoms with Crippen LogP contribution < -0.4 is 16.4 Å². The molecule has 0 aliphatic rings. The summed E-state index contributed by atoms with van der Waals surface area (Å²) in [4.78, 5) is 43.0. The van der Waals surface area contributed by atoms with Crippen LogP contribution in [0.3, 0.4) is 0 Å². The maximum atomic E-state index is 11.6. The number of nitrogens with two attached hydrogens (primary N) is 1. The van der Waals surface area contributed by atoms with Crippen LogP contribution in [0, 0.1) is 10.1 Å². The minimum Gasteiger partial charge on any atom is -0.480 e. The summed E-state index contributed by atoms with van der Waals surface area (Å²) in [6, 6.07) is 2.66. The molecule has 5 N–H and O–H groups in total. The molecule has 0 fully saturated rings. The van der Waals surface area contributed by atoms with Crippen LogP contribution in [0.25, 0.3) is 0 Å². The number of amides is 3. The lowest BCUT2D eigenvalue weighted by atomic mass is 10.2. The molecule has 1 atom stereocenters. The number of rotatable bonds is 6. The third-order valence-corrected chi connectivity index (χ3v) is 2.32. The molecular formula is C11H12N4O6. The summed E-state index contributed by atoms with van der Waals surface area (Å²) in [5.74, 6) is -2.32. The lowest BCUT2D eigenvalue weighted by Gasteiger charge is -2.13. The molecule has 1 aromatic carbocycles. The van der Waals surface area contributed by atoms with E-state index in [0.29, 0.717) is 0 Å². The second-order valence-corrected chi connectivity index (χ2v) is 3.97. The van der Waals surface area contributed by atoms with Crippen LogP contribution in [-0.4, -0.2) is 34.0 Å². The number of primary amides is 1. The van der Waals surface area contributed by atoms with Crippen LogP contribution >= 0.6 is 0 Å². The van der Waals surface area contributed by atoms with Gasteiger partial charge in [-0.25, -0.2) is 9.59 Å². The Hall–Kier alpha value is -3.17. The van der Waals surface area contributed by atoms with E-state index < -0.39 is 35.3 Å². The molecule has 0 saturated carbocycles. The summed E-state index contributed by atoms with van der Waals surface area (Å²) in [7, 11) is 0. The number of benzene rings is 1. The van der Waals surface area contributed by atoms with E-state index >= 15 is 0 Å². The quantitative estimate of drug-likeness (QED) is 0.427. The number of anilines is 1. The van der Waals surface area contributed by atoms with Crippen LogP contribution in [0.15, 0.2) is 24.3 Å². The molecule has 112 valence electrons. The van der Waals surface area contributed by atoms with E-state index in [1.165, 1.54) is 18.2 Å². The molecule has 1 rings (SSSR count). The molecule has 10 nitrogen and oxygen atoms in total. The number of hydrogen-bond acceptors (Lipinski definition) is 5. The number of carbonyl (C=O) groups is 3. The molecule has 0 aliphatic carbocycles. The lowest BCUT2D eigenvalue weighted by molar-refractivity contribution is -0.384. The molecule has 10 heteroatoms. The zero-order chi connectivity index (χ0) is 16.0. The monoisotopic (exact) mass is 296 g/mol. The van der Waals surface area contributed by atoms with Gasteiger partial charge in [-0.05, 0) is 6.07 Å². The number of carboxylic acids is 1. The number of nitro groups is 1. The molecule has 21 heavy (non-hydrogen) atoms. The highest BCUT2D eigenvalue weighted by Crippen LogP contribution is 2.16. The SMILES string of the molecule is NC(=O)CC(NC(=O)Nc1cccc([N+](=O)[O-])c1)C(=O)O. The Balaban J connectivity index is 2.72. The van der Waals surface area contributed by atoms with Crippen molar-refractivity contribution in [2.24, 2.45) is 5.73 Å². The van der Waals surface area contributed by atoms with Crippen molar-refractivity contribution in [2.75, 3.05) is 5.32 Å². The summed E-state index contributed by atoms with van der Waals surface area (Å²) in [6.07, 6.45) is -0.572. The molecule has 3 amide bonds. The second kappa shape index (κ2) is 6.84. The number of urea groups is 1. The van der Waals surface area contributed by atoms with Gasteiger partial charge >= 0.3 is 12.0 Å². The number of aliphatic carboxylic acids is 1. The average molecular weight is 296 g/mol. The van der Waals surface area contributed by atoms with Crippen molar-refractivity contribution >= 4 is 29.3 Å². The van der Waals surface area contributed by atoms with Gasteiger partial charge in [-0.15, -0.1) is 0 Å². The van der Waals surface area contributed by atoms with E-state index in [4.69, 9.17) is 10.8 Å². The third kappa shape index (κ3) is 5.14. The van der Waals surface area contributed by atoms with E-state index in [9.17, 15) is 24.5 Å². The Kier molecular flexibility index (Phi) is 5.17. The van der Waals surface area contributed by atoms with Gasteiger partial charge < -0.3 is 21.5 Å². The molecular weight excluding hydrogens is 284 g/mol. The van der Waals surface area contributed by atoms with Crippen molar-refractivity contribution in [3.8, 4) is 0 Å².